The van der Waals surface area contributed by atoms with E-state index in [0.717, 1.165) is 17.7 Å². The zero-order valence-corrected chi connectivity index (χ0v) is 18.8. The zero-order valence-electron chi connectivity index (χ0n) is 16.4. The highest BCUT2D eigenvalue weighted by Crippen LogP contribution is 2.40. The van der Waals surface area contributed by atoms with Crippen LogP contribution < -0.4 is 10.2 Å². The Kier molecular flexibility index (Phi) is 6.01. The van der Waals surface area contributed by atoms with E-state index in [9.17, 15) is 10.1 Å². The van der Waals surface area contributed by atoms with Crippen molar-refractivity contribution in [2.45, 2.75) is 19.5 Å². The second kappa shape index (κ2) is 8.72. The summed E-state index contributed by atoms with van der Waals surface area (Å²) < 4.78 is 6.10. The molecule has 0 spiro atoms. The van der Waals surface area contributed by atoms with E-state index >= 15 is 0 Å². The number of amides is 1. The molecule has 1 unspecified atom stereocenters. The monoisotopic (exact) mass is 469 g/mol. The third kappa shape index (κ3) is 3.92. The highest BCUT2D eigenvalue weighted by atomic mass is 35.5. The number of anilines is 1. The standard InChI is InChI=1S/C23H17Cl2N3O2S/c1-2-13-5-3-4-6-18(13)28-21(27-22(29)16(12-26)23(28)31)20-10-9-19(30-20)15-11-14(24)7-8-17(15)25/h3-11,21,31H,2H2,1H3,(H,27,29). The first-order valence-corrected chi connectivity index (χ1v) is 10.7. The highest BCUT2D eigenvalue weighted by Gasteiger charge is 2.36. The normalized spacial score (nSPS) is 16.3. The van der Waals surface area contributed by atoms with Gasteiger partial charge in [-0.15, -0.1) is 12.6 Å². The van der Waals surface area contributed by atoms with Crippen molar-refractivity contribution in [3.05, 3.63) is 86.6 Å². The number of hydrogen-bond donors (Lipinski definition) is 2. The number of nitrogens with zero attached hydrogens (tertiary/aromatic N) is 2. The molecular formula is C23H17Cl2N3O2S. The summed E-state index contributed by atoms with van der Waals surface area (Å²) in [6.07, 6.45) is 0.0640. The summed E-state index contributed by atoms with van der Waals surface area (Å²) in [5.74, 6) is 0.464. The minimum absolute atomic E-state index is 0.0600. The number of carbonyl (C=O) groups is 1. The molecule has 4 rings (SSSR count). The first kappa shape index (κ1) is 21.4. The van der Waals surface area contributed by atoms with Crippen LogP contribution in [0.25, 0.3) is 11.3 Å². The Bertz CT molecular complexity index is 1250. The number of thiol groups is 1. The minimum Gasteiger partial charge on any atom is -0.457 e. The molecule has 1 N–H and O–H groups in total. The Morgan fingerprint density at radius 2 is 1.97 bits per heavy atom. The lowest BCUT2D eigenvalue weighted by atomic mass is 10.1. The molecule has 3 aromatic rings. The van der Waals surface area contributed by atoms with Crippen molar-refractivity contribution in [2.75, 3.05) is 4.90 Å². The average Bonchev–Trinajstić information content (AvgIpc) is 3.25. The number of furan rings is 1. The third-order valence-corrected chi connectivity index (χ3v) is 6.04. The van der Waals surface area contributed by atoms with Gasteiger partial charge in [-0.1, -0.05) is 48.3 Å². The Morgan fingerprint density at radius 1 is 1.19 bits per heavy atom. The van der Waals surface area contributed by atoms with Crippen LogP contribution in [0.5, 0.6) is 0 Å². The number of para-hydroxylation sites is 1. The van der Waals surface area contributed by atoms with Gasteiger partial charge < -0.3 is 14.6 Å². The molecule has 1 amide bonds. The molecular weight excluding hydrogens is 453 g/mol. The Labute approximate surface area is 195 Å². The fourth-order valence-corrected chi connectivity index (χ4v) is 4.29. The van der Waals surface area contributed by atoms with E-state index in [-0.39, 0.29) is 10.6 Å². The van der Waals surface area contributed by atoms with Crippen LogP contribution in [0.3, 0.4) is 0 Å². The van der Waals surface area contributed by atoms with Gasteiger partial charge in [-0.3, -0.25) is 4.79 Å². The molecule has 0 saturated carbocycles. The summed E-state index contributed by atoms with van der Waals surface area (Å²) in [5.41, 5.74) is 2.45. The summed E-state index contributed by atoms with van der Waals surface area (Å²) >= 11 is 17.0. The van der Waals surface area contributed by atoms with Crippen molar-refractivity contribution in [1.29, 1.82) is 5.26 Å². The Balaban J connectivity index is 1.84. The summed E-state index contributed by atoms with van der Waals surface area (Å²) in [5, 5.41) is 13.6. The number of nitrogens with one attached hydrogen (secondary N) is 1. The molecule has 0 fully saturated rings. The van der Waals surface area contributed by atoms with Gasteiger partial charge in [-0.2, -0.15) is 5.26 Å². The molecule has 5 nitrogen and oxygen atoms in total. The molecule has 1 aliphatic heterocycles. The lowest BCUT2D eigenvalue weighted by molar-refractivity contribution is -0.118. The number of rotatable bonds is 4. The van der Waals surface area contributed by atoms with E-state index < -0.39 is 12.1 Å². The van der Waals surface area contributed by atoms with Crippen LogP contribution in [-0.2, 0) is 11.2 Å². The van der Waals surface area contributed by atoms with Gasteiger partial charge in [0.25, 0.3) is 5.91 Å². The second-order valence-electron chi connectivity index (χ2n) is 6.86. The maximum atomic E-state index is 12.6. The lowest BCUT2D eigenvalue weighted by Gasteiger charge is -2.37. The molecule has 8 heteroatoms. The van der Waals surface area contributed by atoms with Crippen LogP contribution >= 0.6 is 35.8 Å². The van der Waals surface area contributed by atoms with Gasteiger partial charge in [0.05, 0.1) is 10.1 Å². The number of nitriles is 1. The molecule has 31 heavy (non-hydrogen) atoms. The number of benzene rings is 2. The van der Waals surface area contributed by atoms with Gasteiger partial charge in [-0.25, -0.2) is 0 Å². The van der Waals surface area contributed by atoms with Gasteiger partial charge in [0.2, 0.25) is 0 Å². The maximum Gasteiger partial charge on any atom is 0.266 e. The van der Waals surface area contributed by atoms with E-state index in [4.69, 9.17) is 27.6 Å². The fourth-order valence-electron chi connectivity index (χ4n) is 3.53. The van der Waals surface area contributed by atoms with Gasteiger partial charge in [-0.05, 0) is 48.4 Å². The summed E-state index contributed by atoms with van der Waals surface area (Å²) in [4.78, 5) is 14.4. The van der Waals surface area contributed by atoms with Crippen molar-refractivity contribution >= 4 is 47.4 Å². The van der Waals surface area contributed by atoms with Gasteiger partial charge >= 0.3 is 0 Å². The Hall–Kier alpha value is -2.85. The quantitative estimate of drug-likeness (QED) is 0.451. The molecule has 0 aliphatic carbocycles. The first-order chi connectivity index (χ1) is 14.9. The molecule has 1 aromatic heterocycles. The van der Waals surface area contributed by atoms with Crippen LogP contribution in [0.4, 0.5) is 5.69 Å². The molecule has 0 bridgehead atoms. The topological polar surface area (TPSA) is 69.3 Å². The van der Waals surface area contributed by atoms with Crippen molar-refractivity contribution in [3.8, 4) is 17.4 Å². The van der Waals surface area contributed by atoms with Crippen LogP contribution in [0.2, 0.25) is 10.0 Å². The second-order valence-corrected chi connectivity index (χ2v) is 8.13. The SMILES string of the molecule is CCc1ccccc1N1C(S)=C(C#N)C(=O)NC1c1ccc(-c2cc(Cl)ccc2Cl)o1. The van der Waals surface area contributed by atoms with E-state index in [1.54, 1.807) is 35.2 Å². The van der Waals surface area contributed by atoms with Crippen LogP contribution in [0.15, 0.2) is 69.6 Å². The highest BCUT2D eigenvalue weighted by molar-refractivity contribution is 7.84. The summed E-state index contributed by atoms with van der Waals surface area (Å²) in [6, 6.07) is 18.3. The summed E-state index contributed by atoms with van der Waals surface area (Å²) in [6.45, 7) is 2.04. The van der Waals surface area contributed by atoms with E-state index in [0.29, 0.717) is 27.1 Å². The molecule has 0 radical (unpaired) electrons. The Morgan fingerprint density at radius 3 is 2.71 bits per heavy atom. The average molecular weight is 470 g/mol. The van der Waals surface area contributed by atoms with Crippen molar-refractivity contribution in [2.24, 2.45) is 0 Å². The van der Waals surface area contributed by atoms with Gasteiger partial charge in [0.15, 0.2) is 6.17 Å². The number of aryl methyl sites for hydroxylation is 1. The number of halogens is 2. The van der Waals surface area contributed by atoms with Crippen molar-refractivity contribution in [1.82, 2.24) is 5.32 Å². The van der Waals surface area contributed by atoms with Crippen LogP contribution in [-0.4, -0.2) is 5.91 Å². The summed E-state index contributed by atoms with van der Waals surface area (Å²) in [7, 11) is 0. The predicted octanol–water partition coefficient (Wildman–Crippen LogP) is 6.12. The molecule has 2 aromatic carbocycles. The third-order valence-electron chi connectivity index (χ3n) is 5.04. The molecule has 0 saturated heterocycles. The molecule has 156 valence electrons. The minimum atomic E-state index is -0.698. The van der Waals surface area contributed by atoms with Gasteiger partial charge in [0, 0.05) is 16.3 Å². The number of carbonyl (C=O) groups excluding carboxylic acids is 1. The maximum absolute atomic E-state index is 12.6. The van der Waals surface area contributed by atoms with E-state index in [1.807, 2.05) is 37.3 Å². The molecule has 2 heterocycles. The van der Waals surface area contributed by atoms with Crippen LogP contribution in [0.1, 0.15) is 24.4 Å². The van der Waals surface area contributed by atoms with Crippen LogP contribution in [0, 0.1) is 11.3 Å². The zero-order chi connectivity index (χ0) is 22.1. The van der Waals surface area contributed by atoms with Crippen molar-refractivity contribution < 1.29 is 9.21 Å². The fraction of sp³-hybridized carbons (Fsp3) is 0.130. The number of hydrogen-bond acceptors (Lipinski definition) is 5. The molecule has 1 atom stereocenters. The largest absolute Gasteiger partial charge is 0.457 e. The first-order valence-electron chi connectivity index (χ1n) is 9.51. The van der Waals surface area contributed by atoms with E-state index in [2.05, 4.69) is 17.9 Å². The lowest BCUT2D eigenvalue weighted by Crippen LogP contribution is -2.46. The van der Waals surface area contributed by atoms with Gasteiger partial charge in [0.1, 0.15) is 23.2 Å². The van der Waals surface area contributed by atoms with Crippen molar-refractivity contribution in [3.63, 3.8) is 0 Å². The molecule has 1 aliphatic rings. The van der Waals surface area contributed by atoms with E-state index in [1.165, 1.54) is 0 Å². The predicted molar refractivity (Wildman–Crippen MR) is 125 cm³/mol. The smallest absolute Gasteiger partial charge is 0.266 e.